The Kier molecular flexibility index (Phi) is 6.23. The zero-order chi connectivity index (χ0) is 22.5. The summed E-state index contributed by atoms with van der Waals surface area (Å²) in [5.41, 5.74) is 3.40. The Morgan fingerprint density at radius 3 is 2.38 bits per heavy atom. The highest BCUT2D eigenvalue weighted by atomic mass is 32.1. The van der Waals surface area contributed by atoms with Gasteiger partial charge in [-0.05, 0) is 29.8 Å². The summed E-state index contributed by atoms with van der Waals surface area (Å²) in [6.07, 6.45) is 1.70. The summed E-state index contributed by atoms with van der Waals surface area (Å²) in [5, 5.41) is 11.6. The molecule has 0 saturated carbocycles. The van der Waals surface area contributed by atoms with Gasteiger partial charge in [0.15, 0.2) is 0 Å². The number of hydrogen-bond acceptors (Lipinski definition) is 7. The molecule has 4 aromatic rings. The Labute approximate surface area is 188 Å². The molecule has 0 amide bonds. The van der Waals surface area contributed by atoms with E-state index in [0.29, 0.717) is 16.6 Å². The van der Waals surface area contributed by atoms with E-state index >= 15 is 0 Å². The zero-order valence-electron chi connectivity index (χ0n) is 17.4. The lowest BCUT2D eigenvalue weighted by Gasteiger charge is -2.06. The summed E-state index contributed by atoms with van der Waals surface area (Å²) in [6.45, 7) is 0. The third-order valence-corrected chi connectivity index (χ3v) is 5.77. The Morgan fingerprint density at radius 2 is 1.72 bits per heavy atom. The van der Waals surface area contributed by atoms with E-state index in [0.717, 1.165) is 27.3 Å². The highest BCUT2D eigenvalue weighted by Gasteiger charge is 2.16. The predicted octanol–water partition coefficient (Wildman–Crippen LogP) is 6.15. The Morgan fingerprint density at radius 1 is 0.969 bits per heavy atom. The van der Waals surface area contributed by atoms with Crippen molar-refractivity contribution >= 4 is 28.4 Å². The van der Waals surface area contributed by atoms with Crippen molar-refractivity contribution in [2.24, 2.45) is 4.99 Å². The quantitative estimate of drug-likeness (QED) is 0.193. The number of thiazole rings is 1. The molecule has 160 valence electrons. The topological polar surface area (TPSA) is 86.9 Å². The van der Waals surface area contributed by atoms with E-state index in [2.05, 4.69) is 4.99 Å². The number of nitrogens with zero attached hydrogens (tertiary/aromatic N) is 3. The fourth-order valence-electron chi connectivity index (χ4n) is 3.14. The van der Waals surface area contributed by atoms with Gasteiger partial charge in [0.25, 0.3) is 5.69 Å². The molecule has 0 spiro atoms. The molecule has 4 rings (SSSR count). The SMILES string of the molecule is COc1ccc(C=Nc2nc(-c3ccccc3)c(-c3ccc([N+](=O)[O-])cc3)s2)c(OC)c1. The van der Waals surface area contributed by atoms with E-state index in [1.165, 1.54) is 23.5 Å². The normalized spacial score (nSPS) is 10.9. The summed E-state index contributed by atoms with van der Waals surface area (Å²) >= 11 is 1.42. The summed E-state index contributed by atoms with van der Waals surface area (Å²) in [7, 11) is 3.19. The molecule has 32 heavy (non-hydrogen) atoms. The zero-order valence-corrected chi connectivity index (χ0v) is 18.2. The first-order chi connectivity index (χ1) is 15.6. The van der Waals surface area contributed by atoms with Gasteiger partial charge in [-0.1, -0.05) is 41.7 Å². The average Bonchev–Trinajstić information content (AvgIpc) is 3.27. The third-order valence-electron chi connectivity index (χ3n) is 4.76. The van der Waals surface area contributed by atoms with E-state index in [1.807, 2.05) is 42.5 Å². The minimum atomic E-state index is -0.410. The van der Waals surface area contributed by atoms with Gasteiger partial charge in [0.2, 0.25) is 5.13 Å². The van der Waals surface area contributed by atoms with Crippen molar-refractivity contribution in [2.75, 3.05) is 14.2 Å². The molecule has 1 aromatic heterocycles. The van der Waals surface area contributed by atoms with Gasteiger partial charge in [-0.2, -0.15) is 0 Å². The number of aromatic nitrogens is 1. The van der Waals surface area contributed by atoms with Crippen LogP contribution in [0.3, 0.4) is 0 Å². The molecule has 0 bridgehead atoms. The van der Waals surface area contributed by atoms with Crippen LogP contribution in [0.5, 0.6) is 11.5 Å². The van der Waals surface area contributed by atoms with E-state index in [4.69, 9.17) is 14.5 Å². The number of benzene rings is 3. The van der Waals surface area contributed by atoms with Gasteiger partial charge in [0, 0.05) is 35.5 Å². The highest BCUT2D eigenvalue weighted by Crippen LogP contribution is 2.40. The molecular formula is C24H19N3O4S. The van der Waals surface area contributed by atoms with Crippen LogP contribution >= 0.6 is 11.3 Å². The van der Waals surface area contributed by atoms with Crippen LogP contribution in [-0.2, 0) is 0 Å². The number of aliphatic imine (C=N–C) groups is 1. The van der Waals surface area contributed by atoms with E-state index in [-0.39, 0.29) is 5.69 Å². The maximum atomic E-state index is 11.0. The minimum absolute atomic E-state index is 0.0457. The second-order valence-electron chi connectivity index (χ2n) is 6.71. The van der Waals surface area contributed by atoms with Gasteiger partial charge in [-0.25, -0.2) is 9.98 Å². The summed E-state index contributed by atoms with van der Waals surface area (Å²) < 4.78 is 10.7. The van der Waals surface area contributed by atoms with Crippen molar-refractivity contribution in [2.45, 2.75) is 0 Å². The van der Waals surface area contributed by atoms with Crippen LogP contribution < -0.4 is 9.47 Å². The van der Waals surface area contributed by atoms with Crippen molar-refractivity contribution in [3.8, 4) is 33.2 Å². The van der Waals surface area contributed by atoms with Crippen LogP contribution in [0.15, 0.2) is 77.8 Å². The first kappa shape index (κ1) is 21.2. The third kappa shape index (κ3) is 4.50. The average molecular weight is 446 g/mol. The Hall–Kier alpha value is -4.04. The lowest BCUT2D eigenvalue weighted by Crippen LogP contribution is -1.92. The monoisotopic (exact) mass is 445 g/mol. The number of methoxy groups -OCH3 is 2. The lowest BCUT2D eigenvalue weighted by atomic mass is 10.1. The number of hydrogen-bond donors (Lipinski definition) is 0. The molecule has 0 aliphatic heterocycles. The number of ether oxygens (including phenoxy) is 2. The second-order valence-corrected chi connectivity index (χ2v) is 7.69. The maximum Gasteiger partial charge on any atom is 0.269 e. The highest BCUT2D eigenvalue weighted by molar-refractivity contribution is 7.19. The van der Waals surface area contributed by atoms with E-state index in [9.17, 15) is 10.1 Å². The van der Waals surface area contributed by atoms with Crippen molar-refractivity contribution in [3.05, 3.63) is 88.5 Å². The van der Waals surface area contributed by atoms with Crippen LogP contribution in [0.4, 0.5) is 10.8 Å². The lowest BCUT2D eigenvalue weighted by molar-refractivity contribution is -0.384. The fraction of sp³-hybridized carbons (Fsp3) is 0.0833. The van der Waals surface area contributed by atoms with Crippen molar-refractivity contribution in [1.82, 2.24) is 4.98 Å². The van der Waals surface area contributed by atoms with Gasteiger partial charge in [0.05, 0.1) is 29.7 Å². The molecule has 3 aromatic carbocycles. The summed E-state index contributed by atoms with van der Waals surface area (Å²) in [4.78, 5) is 20.8. The van der Waals surface area contributed by atoms with E-state index in [1.54, 1.807) is 38.6 Å². The van der Waals surface area contributed by atoms with Gasteiger partial charge < -0.3 is 9.47 Å². The van der Waals surface area contributed by atoms with Crippen LogP contribution in [-0.4, -0.2) is 30.3 Å². The van der Waals surface area contributed by atoms with Crippen LogP contribution in [0.1, 0.15) is 5.56 Å². The second kappa shape index (κ2) is 9.40. The minimum Gasteiger partial charge on any atom is -0.497 e. The smallest absolute Gasteiger partial charge is 0.269 e. The number of non-ortho nitro benzene ring substituents is 1. The van der Waals surface area contributed by atoms with Gasteiger partial charge in [-0.15, -0.1) is 0 Å². The fourth-order valence-corrected chi connectivity index (χ4v) is 4.07. The largest absolute Gasteiger partial charge is 0.497 e. The first-order valence-corrected chi connectivity index (χ1v) is 10.5. The first-order valence-electron chi connectivity index (χ1n) is 9.66. The van der Waals surface area contributed by atoms with Crippen molar-refractivity contribution in [1.29, 1.82) is 0 Å². The molecule has 0 saturated heterocycles. The number of nitro benzene ring substituents is 1. The van der Waals surface area contributed by atoms with Gasteiger partial charge in [-0.3, -0.25) is 10.1 Å². The Balaban J connectivity index is 1.74. The van der Waals surface area contributed by atoms with Gasteiger partial charge >= 0.3 is 0 Å². The predicted molar refractivity (Wildman–Crippen MR) is 126 cm³/mol. The molecule has 8 heteroatoms. The van der Waals surface area contributed by atoms with Crippen molar-refractivity contribution in [3.63, 3.8) is 0 Å². The van der Waals surface area contributed by atoms with Crippen molar-refractivity contribution < 1.29 is 14.4 Å². The van der Waals surface area contributed by atoms with E-state index < -0.39 is 4.92 Å². The maximum absolute atomic E-state index is 11.0. The molecule has 1 heterocycles. The molecule has 0 fully saturated rings. The molecule has 0 atom stereocenters. The number of nitro groups is 1. The van der Waals surface area contributed by atoms with Crippen LogP contribution in [0, 0.1) is 10.1 Å². The molecule has 0 unspecified atom stereocenters. The molecule has 0 N–H and O–H groups in total. The molecule has 0 aliphatic carbocycles. The Bertz CT molecular complexity index is 1270. The van der Waals surface area contributed by atoms with Crippen LogP contribution in [0.2, 0.25) is 0 Å². The molecule has 0 radical (unpaired) electrons. The summed E-state index contributed by atoms with van der Waals surface area (Å²) in [6, 6.07) is 21.7. The van der Waals surface area contributed by atoms with Gasteiger partial charge in [0.1, 0.15) is 11.5 Å². The number of rotatable bonds is 7. The molecule has 7 nitrogen and oxygen atoms in total. The molecule has 0 aliphatic rings. The molecular weight excluding hydrogens is 426 g/mol. The van der Waals surface area contributed by atoms with Crippen LogP contribution in [0.25, 0.3) is 21.7 Å². The summed E-state index contributed by atoms with van der Waals surface area (Å²) in [5.74, 6) is 1.34. The standard InChI is InChI=1S/C24H19N3O4S/c1-30-20-13-10-18(21(14-20)31-2)15-25-24-26-22(16-6-4-3-5-7-16)23(32-24)17-8-11-19(12-9-17)27(28)29/h3-15H,1-2H3.